The molecule has 0 bridgehead atoms. The molecule has 3 heterocycles. The maximum absolute atomic E-state index is 11.7. The molecule has 0 aliphatic rings. The van der Waals surface area contributed by atoms with Crippen LogP contribution in [-0.2, 0) is 24.9 Å². The molecule has 0 atom stereocenters. The van der Waals surface area contributed by atoms with Crippen LogP contribution in [0.25, 0.3) is 49.7 Å². The van der Waals surface area contributed by atoms with Crippen LogP contribution in [0.3, 0.4) is 0 Å². The molecule has 8 nitrogen and oxygen atoms in total. The van der Waals surface area contributed by atoms with E-state index in [1.807, 2.05) is 101 Å². The Balaban J connectivity index is 0.000000279. The zero-order chi connectivity index (χ0) is 33.7. The summed E-state index contributed by atoms with van der Waals surface area (Å²) in [6, 6.07) is 23.5. The van der Waals surface area contributed by atoms with Gasteiger partial charge >= 0.3 is 0 Å². The molecular formula is C39H40IrN5O3-. The van der Waals surface area contributed by atoms with Crippen LogP contribution >= 0.6 is 0 Å². The molecule has 0 spiro atoms. The number of hydrogen-bond donors (Lipinski definition) is 1. The molecule has 0 aliphatic carbocycles. The molecule has 1 radical (unpaired) electrons. The smallest absolute Gasteiger partial charge is 0.162 e. The molecule has 0 aliphatic heterocycles. The van der Waals surface area contributed by atoms with Gasteiger partial charge in [-0.1, -0.05) is 69.0 Å². The molecular weight excluding hydrogens is 779 g/mol. The Bertz CT molecular complexity index is 2110. The number of aryl methyl sites for hydroxylation is 2. The second-order valence-electron chi connectivity index (χ2n) is 11.7. The Morgan fingerprint density at radius 1 is 0.938 bits per heavy atom. The monoisotopic (exact) mass is 819 g/mol. The molecule has 0 saturated heterocycles. The Morgan fingerprint density at radius 3 is 2.19 bits per heavy atom. The van der Waals surface area contributed by atoms with Crippen molar-refractivity contribution in [2.24, 2.45) is 11.8 Å². The van der Waals surface area contributed by atoms with Crippen molar-refractivity contribution < 1.29 is 34.4 Å². The van der Waals surface area contributed by atoms with Gasteiger partial charge in [0, 0.05) is 49.6 Å². The molecule has 3 aromatic heterocycles. The van der Waals surface area contributed by atoms with Gasteiger partial charge < -0.3 is 14.5 Å². The van der Waals surface area contributed by atoms with Crippen LogP contribution in [-0.4, -0.2) is 30.6 Å². The van der Waals surface area contributed by atoms with Gasteiger partial charge in [-0.3, -0.25) is 9.36 Å². The molecule has 6 aromatic rings. The van der Waals surface area contributed by atoms with Crippen LogP contribution in [0.5, 0.6) is 0 Å². The predicted molar refractivity (Wildman–Crippen MR) is 186 cm³/mol. The number of nitriles is 1. The van der Waals surface area contributed by atoms with Crippen LogP contribution in [0.1, 0.15) is 70.6 Å². The van der Waals surface area contributed by atoms with Crippen LogP contribution in [0, 0.1) is 43.1 Å². The van der Waals surface area contributed by atoms with Crippen molar-refractivity contribution in [1.29, 1.82) is 5.26 Å². The van der Waals surface area contributed by atoms with Crippen LogP contribution in [0.2, 0.25) is 0 Å². The minimum atomic E-state index is 0. The van der Waals surface area contributed by atoms with Crippen molar-refractivity contribution in [3.63, 3.8) is 0 Å². The third kappa shape index (κ3) is 7.11. The van der Waals surface area contributed by atoms with Crippen molar-refractivity contribution in [3.8, 4) is 23.0 Å². The third-order valence-corrected chi connectivity index (χ3v) is 8.89. The van der Waals surface area contributed by atoms with E-state index in [-0.39, 0.29) is 43.5 Å². The molecule has 9 heteroatoms. The van der Waals surface area contributed by atoms with E-state index in [4.69, 9.17) is 4.42 Å². The summed E-state index contributed by atoms with van der Waals surface area (Å²) in [4.78, 5) is 16.4. The van der Waals surface area contributed by atoms with Crippen molar-refractivity contribution in [1.82, 2.24) is 19.7 Å². The first-order chi connectivity index (χ1) is 22.8. The fourth-order valence-corrected chi connectivity index (χ4v) is 6.10. The second-order valence-corrected chi connectivity index (χ2v) is 11.7. The standard InChI is InChI=1S/C26H16N5O.C13H24O2.Ir/c1-15-29-30-16(2)31(15)24-11-10-20-19-8-5-9-21(25(19)32-26(20)22(24)13-27)23-12-17-6-3-4-7-18(17)14-28-23;1-5-10(6-2)12(14)9-13(15)11(7-3)8-4;/h3-8,10-12,14H,1-2H3;9-11,14H,5-8H2,1-4H3;/q-1;;/b;12-9-;. The van der Waals surface area contributed by atoms with Gasteiger partial charge in [-0.05, 0) is 68.1 Å². The SMILES string of the molecule is CCC(CC)C(=O)/C=C(\O)C(CC)CC.Cc1nnc(C)n1-c1ccc2c(oc3c(-c4cc5ccccc5cn4)[c-]ccc32)c1C#N.[Ir]. The van der Waals surface area contributed by atoms with Gasteiger partial charge in [0.2, 0.25) is 0 Å². The maximum atomic E-state index is 11.7. The molecule has 3 aromatic carbocycles. The molecule has 0 unspecified atom stereocenters. The largest absolute Gasteiger partial charge is 0.512 e. The number of carbonyl (C=O) groups is 1. The van der Waals surface area contributed by atoms with Gasteiger partial charge in [0.1, 0.15) is 28.9 Å². The topological polar surface area (TPSA) is 118 Å². The molecule has 48 heavy (non-hydrogen) atoms. The number of aliphatic hydroxyl groups excluding tert-OH is 1. The number of allylic oxidation sites excluding steroid dienone is 2. The number of pyridine rings is 1. The molecule has 0 fully saturated rings. The van der Waals surface area contributed by atoms with Crippen LogP contribution in [0.4, 0.5) is 0 Å². The summed E-state index contributed by atoms with van der Waals surface area (Å²) in [5.41, 5.74) is 3.89. The number of nitrogens with zero attached hydrogens (tertiary/aromatic N) is 5. The normalized spacial score (nSPS) is 11.5. The van der Waals surface area contributed by atoms with E-state index in [9.17, 15) is 15.2 Å². The number of carbonyl (C=O) groups excluding carboxylic acids is 1. The minimum absolute atomic E-state index is 0. The van der Waals surface area contributed by atoms with Crippen LogP contribution < -0.4 is 0 Å². The number of fused-ring (bicyclic) bond motifs is 4. The number of ketones is 1. The molecule has 1 N–H and O–H groups in total. The van der Waals surface area contributed by atoms with Gasteiger partial charge in [-0.25, -0.2) is 0 Å². The number of aromatic nitrogens is 4. The number of benzene rings is 3. The van der Waals surface area contributed by atoms with Crippen molar-refractivity contribution in [2.75, 3.05) is 0 Å². The average Bonchev–Trinajstić information content (AvgIpc) is 3.64. The van der Waals surface area contributed by atoms with Crippen molar-refractivity contribution >= 4 is 38.5 Å². The zero-order valence-corrected chi connectivity index (χ0v) is 30.6. The van der Waals surface area contributed by atoms with E-state index in [2.05, 4.69) is 33.4 Å². The van der Waals surface area contributed by atoms with E-state index in [1.165, 1.54) is 6.08 Å². The average molecular weight is 819 g/mol. The number of rotatable bonds is 9. The van der Waals surface area contributed by atoms with Crippen molar-refractivity contribution in [3.05, 3.63) is 95.9 Å². The first-order valence-corrected chi connectivity index (χ1v) is 16.2. The van der Waals surface area contributed by atoms with Gasteiger partial charge in [-0.15, -0.1) is 28.4 Å². The number of aliphatic hydroxyl groups is 1. The van der Waals surface area contributed by atoms with Gasteiger partial charge in [0.15, 0.2) is 5.78 Å². The zero-order valence-electron chi connectivity index (χ0n) is 28.2. The molecule has 0 amide bonds. The molecule has 6 rings (SSSR count). The summed E-state index contributed by atoms with van der Waals surface area (Å²) in [5, 5.41) is 32.0. The van der Waals surface area contributed by atoms with E-state index < -0.39 is 0 Å². The Labute approximate surface area is 294 Å². The van der Waals surface area contributed by atoms with Gasteiger partial charge in [0.25, 0.3) is 0 Å². The summed E-state index contributed by atoms with van der Waals surface area (Å²) in [6.45, 7) is 11.8. The van der Waals surface area contributed by atoms with E-state index in [0.717, 1.165) is 58.5 Å². The summed E-state index contributed by atoms with van der Waals surface area (Å²) < 4.78 is 8.21. The van der Waals surface area contributed by atoms with Crippen molar-refractivity contribution in [2.45, 2.75) is 67.2 Å². The maximum Gasteiger partial charge on any atom is 0.162 e. The quantitative estimate of drug-likeness (QED) is 0.0878. The summed E-state index contributed by atoms with van der Waals surface area (Å²) in [5.74, 6) is 1.97. The predicted octanol–water partition coefficient (Wildman–Crippen LogP) is 9.54. The van der Waals surface area contributed by atoms with E-state index >= 15 is 0 Å². The Kier molecular flexibility index (Phi) is 12.0. The van der Waals surface area contributed by atoms with Gasteiger partial charge in [0.05, 0.1) is 17.0 Å². The molecule has 0 saturated carbocycles. The minimum Gasteiger partial charge on any atom is -0.512 e. The molecule has 249 valence electrons. The fraction of sp³-hybridized carbons (Fsp3) is 0.308. The first-order valence-electron chi connectivity index (χ1n) is 16.2. The van der Waals surface area contributed by atoms with E-state index in [1.54, 1.807) is 0 Å². The number of furan rings is 1. The fourth-order valence-electron chi connectivity index (χ4n) is 6.10. The third-order valence-electron chi connectivity index (χ3n) is 8.89. The second kappa shape index (κ2) is 16.0. The summed E-state index contributed by atoms with van der Waals surface area (Å²) in [7, 11) is 0. The number of hydrogen-bond acceptors (Lipinski definition) is 7. The van der Waals surface area contributed by atoms with Crippen LogP contribution in [0.15, 0.2) is 77.0 Å². The first kappa shape index (κ1) is 36.2. The van der Waals surface area contributed by atoms with E-state index in [0.29, 0.717) is 34.1 Å². The Morgan fingerprint density at radius 2 is 1.56 bits per heavy atom. The summed E-state index contributed by atoms with van der Waals surface area (Å²) >= 11 is 0. The van der Waals surface area contributed by atoms with Gasteiger partial charge in [-0.2, -0.15) is 5.26 Å². The Hall–Kier alpha value is -4.64. The summed E-state index contributed by atoms with van der Waals surface area (Å²) in [6.07, 6.45) is 6.76.